The third-order valence-corrected chi connectivity index (χ3v) is 23.8. The van der Waals surface area contributed by atoms with E-state index in [-0.39, 0.29) is 126 Å². The van der Waals surface area contributed by atoms with Crippen molar-refractivity contribution in [3.05, 3.63) is 194 Å². The van der Waals surface area contributed by atoms with E-state index >= 15 is 0 Å². The van der Waals surface area contributed by atoms with E-state index in [1.807, 2.05) is 118 Å². The number of aryl methyl sites for hydroxylation is 3. The average Bonchev–Trinajstić information content (AvgIpc) is 1.33. The molecule has 1 aliphatic heterocycles. The molecular formula is C87H85N51O8S3. The molecule has 18 rings (SSSR count). The monoisotopic (exact) mass is 2070 g/mol. The largest absolute Gasteiger partial charge is 0.478 e. The van der Waals surface area contributed by atoms with Gasteiger partial charge in [0.1, 0.15) is 97.3 Å². The molecule has 17 N–H and O–H groups in total. The molecular weight excluding hydrogens is 1980 g/mol. The Morgan fingerprint density at radius 2 is 1.01 bits per heavy atom. The summed E-state index contributed by atoms with van der Waals surface area (Å²) in [6, 6.07) is 32.2. The van der Waals surface area contributed by atoms with Crippen LogP contribution in [0.1, 0.15) is 76.0 Å². The number of nitrogen functional groups attached to an aromatic ring is 4. The Kier molecular flexibility index (Phi) is 32.0. The van der Waals surface area contributed by atoms with Crippen LogP contribution in [0.15, 0.2) is 194 Å². The Hall–Kier alpha value is -20.8. The van der Waals surface area contributed by atoms with Gasteiger partial charge in [0.25, 0.3) is 0 Å². The number of pyridine rings is 4. The summed E-state index contributed by atoms with van der Waals surface area (Å²) in [5, 5.41) is 135. The normalized spacial score (nSPS) is 11.7. The second kappa shape index (κ2) is 45.8. The van der Waals surface area contributed by atoms with E-state index in [1.165, 1.54) is 89.6 Å². The lowest BCUT2D eigenvalue weighted by atomic mass is 10.1. The van der Waals surface area contributed by atoms with Gasteiger partial charge >= 0.3 is 17.3 Å². The van der Waals surface area contributed by atoms with E-state index in [2.05, 4.69) is 186 Å². The van der Waals surface area contributed by atoms with Crippen LogP contribution in [-0.2, 0) is 26.5 Å². The third-order valence-electron chi connectivity index (χ3n) is 20.7. The third kappa shape index (κ3) is 23.7. The molecule has 62 heteroatoms. The summed E-state index contributed by atoms with van der Waals surface area (Å²) >= 11 is 2.96. The zero-order chi connectivity index (χ0) is 107. The van der Waals surface area contributed by atoms with Gasteiger partial charge in [0.15, 0.2) is 91.0 Å². The first-order chi connectivity index (χ1) is 71.5. The van der Waals surface area contributed by atoms with Gasteiger partial charge in [-0.3, -0.25) is 19.6 Å². The number of aromatic amines is 2. The molecule has 0 unspecified atom stereocenters. The van der Waals surface area contributed by atoms with Gasteiger partial charge in [-0.25, -0.2) is 57.7 Å². The summed E-state index contributed by atoms with van der Waals surface area (Å²) in [4.78, 5) is 107. The average molecular weight is 2070 g/mol. The number of azo groups is 5. The highest BCUT2D eigenvalue weighted by Crippen LogP contribution is 2.42. The number of rotatable bonds is 25. The molecule has 754 valence electrons. The number of sulfone groups is 1. The van der Waals surface area contributed by atoms with Crippen molar-refractivity contribution in [3.8, 4) is 52.3 Å². The number of aromatic carboxylic acids is 1. The fourth-order valence-electron chi connectivity index (χ4n) is 13.8. The minimum absolute atomic E-state index is 0.00202. The number of nitrogens with zero attached hydrogens (tertiary/aromatic N) is 39. The molecule has 0 aliphatic carbocycles. The number of aromatic nitrogens is 25. The van der Waals surface area contributed by atoms with Gasteiger partial charge in [0, 0.05) is 107 Å². The van der Waals surface area contributed by atoms with Crippen molar-refractivity contribution >= 4 is 198 Å². The van der Waals surface area contributed by atoms with Crippen molar-refractivity contribution < 1.29 is 27.9 Å². The van der Waals surface area contributed by atoms with Gasteiger partial charge in [-0.15, -0.1) is 56.2 Å². The maximum absolute atomic E-state index is 12.2. The molecule has 0 spiro atoms. The molecule has 15 aromatic heterocycles. The predicted octanol–water partition coefficient (Wildman–Crippen LogP) is 11.9. The topological polar surface area (TPSA) is 822 Å². The van der Waals surface area contributed by atoms with Crippen LogP contribution in [0.5, 0.6) is 0 Å². The molecule has 16 heterocycles. The fraction of sp³-hybridized carbons (Fsp3) is 0.195. The molecule has 2 amide bonds. The van der Waals surface area contributed by atoms with E-state index in [0.717, 1.165) is 79.6 Å². The summed E-state index contributed by atoms with van der Waals surface area (Å²) in [5.74, 6) is 2.12. The standard InChI is InChI=1S/C22H21N9S.C20H19N9S.C17H19N9O4S.C14H12N12O3.C14H14N12O/c1-14-11-18(30-9-5-6-10-30)27-20(24-2)19(14)28-29-21-15(12-23)13-25-31(21)22-26-16-7-3-4-8-17(16)32-22;1-12-9-16(28(3)4)25-18(22-2)17(12)26-27-19-13(10-21)11-23-29(19)20-24-14-7-5-6-8-15(14)30-20;1-9-12(17(27)28)14(18-2)22-15(19-3)13(9)24-25-16-10(31(4,29)30)8-21-26(16)11-6-5-7-20-23-11;1-5(27)19-8-2-7(16)9(10(17)20-8)24-25-11-6(3-15)4-18-26(11)12-21-13(28)23-14(29)22-12;1-7(27)20-11-9(10(16)21-13(17)22-11)23-24-12-8(5-15)6-19-26(12)14-18-3-4-25(14)2/h3-4,7-8,11,13H,5-6,9-10H2,1-2H3,(H,24,27);5-9,11H,1-4H3,(H,22,25);5-8H,1-4H3,(H,27,28)(H2,18,19,22);2,4H,1H3,(H5,16,17,19,20,27)(H2,21,22,23,28,29);3-4,6H,1-2H3,(H5,16,17,20,21,22,27). The number of amides is 2. The minimum atomic E-state index is -3.70. The number of nitrogens with one attached hydrogen (secondary N) is 8. The molecule has 0 bridgehead atoms. The van der Waals surface area contributed by atoms with Gasteiger partial charge in [-0.1, -0.05) is 46.9 Å². The summed E-state index contributed by atoms with van der Waals surface area (Å²) in [6.07, 6.45) is 14.7. The molecule has 0 saturated carbocycles. The van der Waals surface area contributed by atoms with Gasteiger partial charge in [0.05, 0.1) is 57.1 Å². The second-order valence-electron chi connectivity index (χ2n) is 31.2. The number of fused-ring (bicyclic) bond motifs is 2. The summed E-state index contributed by atoms with van der Waals surface area (Å²) in [6.45, 7) is 10.1. The van der Waals surface area contributed by atoms with Crippen LogP contribution in [0.3, 0.4) is 0 Å². The molecule has 2 aromatic carbocycles. The van der Waals surface area contributed by atoms with E-state index < -0.39 is 33.1 Å². The summed E-state index contributed by atoms with van der Waals surface area (Å²) < 4.78 is 34.8. The summed E-state index contributed by atoms with van der Waals surface area (Å²) in [7, 11) is 8.66. The van der Waals surface area contributed by atoms with Gasteiger partial charge in [-0.2, -0.15) is 90.0 Å². The molecule has 17 aromatic rings. The number of carbonyl (C=O) groups is 3. The minimum Gasteiger partial charge on any atom is -0.478 e. The van der Waals surface area contributed by atoms with Crippen molar-refractivity contribution in [3.63, 3.8) is 0 Å². The SMILES string of the molecule is CC(=O)Nc1cc(N)c(N=Nc2c(C#N)cnn2-c2nc(=O)[nH]c(=O)[nH]2)c(N)n1.CC(=O)Nc1nc(N)nc(N)c1N=Nc1c(C#N)cnn1-c1nccn1C.CNc1nc(N(C)C)cc(C)c1N=Nc1c(C#N)cnn1-c1nc2ccccc2s1.CNc1nc(N2CCCC2)cc(C)c1N=Nc1c(C#N)cnn1-c1nc2ccccc2s1.CNc1nc(NC)c(C(=O)O)c(C)c1N=Nc1c(S(C)(=O)=O)cnn1-c1cccnn1. The number of anilines is 12. The highest BCUT2D eigenvalue weighted by Gasteiger charge is 2.29. The van der Waals surface area contributed by atoms with Gasteiger partial charge in [0.2, 0.25) is 39.9 Å². The number of para-hydroxylation sites is 2. The van der Waals surface area contributed by atoms with Crippen molar-refractivity contribution in [2.24, 2.45) is 58.2 Å². The van der Waals surface area contributed by atoms with Gasteiger partial charge in [-0.05, 0) is 98.8 Å². The zero-order valence-electron chi connectivity index (χ0n) is 80.7. The van der Waals surface area contributed by atoms with Crippen LogP contribution in [0, 0.1) is 66.1 Å². The number of hydrogen-bond donors (Lipinski definition) is 13. The smallest absolute Gasteiger partial charge is 0.352 e. The lowest BCUT2D eigenvalue weighted by molar-refractivity contribution is -0.115. The van der Waals surface area contributed by atoms with Crippen molar-refractivity contribution in [1.29, 1.82) is 21.0 Å². The maximum atomic E-state index is 12.2. The Bertz CT molecular complexity index is 8480. The number of nitrogens with two attached hydrogens (primary N) is 4. The Labute approximate surface area is 848 Å². The second-order valence-corrected chi connectivity index (χ2v) is 35.2. The molecule has 1 saturated heterocycles. The van der Waals surface area contributed by atoms with E-state index in [4.69, 9.17) is 27.9 Å². The van der Waals surface area contributed by atoms with E-state index in [9.17, 15) is 58.5 Å². The first-order valence-electron chi connectivity index (χ1n) is 43.5. The fourth-order valence-corrected chi connectivity index (χ4v) is 16.3. The molecule has 0 atom stereocenters. The van der Waals surface area contributed by atoms with Gasteiger partial charge < -0.3 is 74.3 Å². The van der Waals surface area contributed by atoms with Crippen molar-refractivity contribution in [2.45, 2.75) is 52.4 Å². The number of H-pyrrole nitrogens is 2. The summed E-state index contributed by atoms with van der Waals surface area (Å²) in [5.41, 5.74) is 27.3. The molecule has 59 nitrogen and oxygen atoms in total. The Morgan fingerprint density at radius 1 is 0.517 bits per heavy atom. The highest BCUT2D eigenvalue weighted by molar-refractivity contribution is 7.90. The quantitative estimate of drug-likeness (QED) is 0.0236. The molecule has 149 heavy (non-hydrogen) atoms. The first-order valence-corrected chi connectivity index (χ1v) is 47.1. The number of carboxylic acids is 1. The maximum Gasteiger partial charge on any atom is 0.352 e. The number of imidazole rings is 1. The first kappa shape index (κ1) is 104. The van der Waals surface area contributed by atoms with Crippen molar-refractivity contribution in [1.82, 2.24) is 123 Å². The predicted molar refractivity (Wildman–Crippen MR) is 549 cm³/mol. The van der Waals surface area contributed by atoms with Crippen molar-refractivity contribution in [2.75, 3.05) is 126 Å². The number of thiazole rings is 2. The van der Waals surface area contributed by atoms with E-state index in [0.29, 0.717) is 62.0 Å². The molecule has 1 aliphatic rings. The number of hydrogen-bond acceptors (Lipinski definition) is 50. The van der Waals surface area contributed by atoms with Crippen LogP contribution < -0.4 is 76.0 Å². The van der Waals surface area contributed by atoms with Crippen LogP contribution >= 0.6 is 22.7 Å². The molecule has 0 radical (unpaired) electrons. The lowest BCUT2D eigenvalue weighted by Gasteiger charge is -2.19. The number of carbonyl (C=O) groups excluding carboxylic acids is 2. The Balaban J connectivity index is 0.000000147. The number of nitriles is 4. The van der Waals surface area contributed by atoms with Crippen LogP contribution in [0.2, 0.25) is 0 Å². The lowest BCUT2D eigenvalue weighted by Crippen LogP contribution is -2.27. The van der Waals surface area contributed by atoms with E-state index in [1.54, 1.807) is 73.6 Å². The Morgan fingerprint density at radius 3 is 1.52 bits per heavy atom. The zero-order valence-corrected chi connectivity index (χ0v) is 83.2. The van der Waals surface area contributed by atoms with Crippen LogP contribution in [-0.4, -0.2) is 216 Å². The van der Waals surface area contributed by atoms with Crippen LogP contribution in [0.4, 0.5) is 127 Å². The number of benzene rings is 2. The molecule has 1 fully saturated rings. The number of carboxylic acid groups (broad SMARTS) is 1. The highest BCUT2D eigenvalue weighted by atomic mass is 32.2. The van der Waals surface area contributed by atoms with Crippen LogP contribution in [0.25, 0.3) is 48.4 Å².